The van der Waals surface area contributed by atoms with E-state index in [9.17, 15) is 14.4 Å². The van der Waals surface area contributed by atoms with Gasteiger partial charge in [-0.2, -0.15) is 0 Å². The Labute approximate surface area is 152 Å². The van der Waals surface area contributed by atoms with Crippen molar-refractivity contribution in [3.8, 4) is 0 Å². The molecule has 0 saturated heterocycles. The van der Waals surface area contributed by atoms with Crippen LogP contribution in [0.3, 0.4) is 0 Å². The summed E-state index contributed by atoms with van der Waals surface area (Å²) in [4.78, 5) is 36.0. The zero-order valence-electron chi connectivity index (χ0n) is 13.3. The van der Waals surface area contributed by atoms with Crippen LogP contribution in [0.25, 0.3) is 0 Å². The van der Waals surface area contributed by atoms with E-state index in [2.05, 4.69) is 20.1 Å². The van der Waals surface area contributed by atoms with Gasteiger partial charge in [0, 0.05) is 5.69 Å². The number of hydrogen-bond acceptors (Lipinski definition) is 7. The van der Waals surface area contributed by atoms with Crippen molar-refractivity contribution in [2.45, 2.75) is 0 Å². The summed E-state index contributed by atoms with van der Waals surface area (Å²) >= 11 is 6.37. The van der Waals surface area contributed by atoms with Gasteiger partial charge in [0.05, 0.1) is 30.2 Å². The molecule has 1 aromatic carbocycles. The summed E-state index contributed by atoms with van der Waals surface area (Å²) in [6, 6.07) is 7.65. The zero-order valence-corrected chi connectivity index (χ0v) is 15.0. The molecular formula is C16H14N2O5S2. The number of anilines is 1. The number of methoxy groups -OCH3 is 2. The fraction of sp³-hybridized carbons (Fsp3) is 0.125. The maximum Gasteiger partial charge on any atom is 0.337 e. The molecule has 25 heavy (non-hydrogen) atoms. The number of benzene rings is 1. The molecule has 0 aliphatic heterocycles. The lowest BCUT2D eigenvalue weighted by Gasteiger charge is -2.11. The van der Waals surface area contributed by atoms with Crippen LogP contribution >= 0.6 is 23.6 Å². The lowest BCUT2D eigenvalue weighted by molar-refractivity contribution is 0.0599. The van der Waals surface area contributed by atoms with E-state index in [1.54, 1.807) is 17.5 Å². The molecule has 2 rings (SSSR count). The van der Waals surface area contributed by atoms with E-state index in [1.165, 1.54) is 43.8 Å². The topological polar surface area (TPSA) is 93.7 Å². The Morgan fingerprint density at radius 3 is 2.12 bits per heavy atom. The first-order valence-corrected chi connectivity index (χ1v) is 8.21. The standard InChI is InChI=1S/C16H14N2O5S2/c1-22-14(20)9-6-10(15(21)23-2)8-11(7-9)17-16(24)18-13(19)12-4-3-5-25-12/h3-8H,1-2H3,(H2,17,18,19,24). The van der Waals surface area contributed by atoms with Crippen molar-refractivity contribution >= 4 is 52.2 Å². The maximum absolute atomic E-state index is 12.0. The quantitative estimate of drug-likeness (QED) is 0.623. The van der Waals surface area contributed by atoms with E-state index in [-0.39, 0.29) is 22.1 Å². The summed E-state index contributed by atoms with van der Waals surface area (Å²) in [5, 5.41) is 7.07. The molecule has 0 spiro atoms. The SMILES string of the molecule is COC(=O)c1cc(NC(=S)NC(=O)c2cccs2)cc(C(=O)OC)c1. The van der Waals surface area contributed by atoms with Crippen LogP contribution in [0.2, 0.25) is 0 Å². The molecule has 0 unspecified atom stereocenters. The highest BCUT2D eigenvalue weighted by Gasteiger charge is 2.15. The molecule has 0 aliphatic rings. The van der Waals surface area contributed by atoms with E-state index in [0.29, 0.717) is 10.6 Å². The molecule has 2 aromatic rings. The number of rotatable bonds is 4. The van der Waals surface area contributed by atoms with Gasteiger partial charge in [0.2, 0.25) is 0 Å². The lowest BCUT2D eigenvalue weighted by Crippen LogP contribution is -2.33. The highest BCUT2D eigenvalue weighted by Crippen LogP contribution is 2.17. The third kappa shape index (κ3) is 4.85. The van der Waals surface area contributed by atoms with Gasteiger partial charge in [-0.3, -0.25) is 10.1 Å². The van der Waals surface area contributed by atoms with Crippen LogP contribution in [0.4, 0.5) is 5.69 Å². The van der Waals surface area contributed by atoms with Crippen molar-refractivity contribution in [2.24, 2.45) is 0 Å². The summed E-state index contributed by atoms with van der Waals surface area (Å²) in [5.41, 5.74) is 0.611. The summed E-state index contributed by atoms with van der Waals surface area (Å²) in [7, 11) is 2.46. The average Bonchev–Trinajstić information content (AvgIpc) is 3.14. The zero-order chi connectivity index (χ0) is 18.4. The van der Waals surface area contributed by atoms with E-state index < -0.39 is 11.9 Å². The predicted octanol–water partition coefficient (Wildman–Crippen LogP) is 2.45. The Balaban J connectivity index is 2.19. The number of carbonyl (C=O) groups excluding carboxylic acids is 3. The van der Waals surface area contributed by atoms with Crippen LogP contribution in [-0.2, 0) is 9.47 Å². The van der Waals surface area contributed by atoms with Crippen LogP contribution in [0.1, 0.15) is 30.4 Å². The minimum atomic E-state index is -0.623. The van der Waals surface area contributed by atoms with Crippen molar-refractivity contribution in [2.75, 3.05) is 19.5 Å². The van der Waals surface area contributed by atoms with Crippen LogP contribution in [0.15, 0.2) is 35.7 Å². The molecule has 1 aromatic heterocycles. The van der Waals surface area contributed by atoms with Gasteiger partial charge in [-0.05, 0) is 41.9 Å². The smallest absolute Gasteiger partial charge is 0.337 e. The van der Waals surface area contributed by atoms with Gasteiger partial charge in [0.1, 0.15) is 0 Å². The van der Waals surface area contributed by atoms with E-state index in [1.807, 2.05) is 0 Å². The molecule has 1 amide bonds. The lowest BCUT2D eigenvalue weighted by atomic mass is 10.1. The molecule has 1 heterocycles. The predicted molar refractivity (Wildman–Crippen MR) is 97.1 cm³/mol. The van der Waals surface area contributed by atoms with Crippen LogP contribution < -0.4 is 10.6 Å². The molecule has 9 heteroatoms. The Kier molecular flexibility index (Phi) is 6.20. The van der Waals surface area contributed by atoms with Crippen molar-refractivity contribution in [1.82, 2.24) is 5.32 Å². The Bertz CT molecular complexity index is 784. The van der Waals surface area contributed by atoms with Gasteiger partial charge < -0.3 is 14.8 Å². The number of esters is 2. The summed E-state index contributed by atoms with van der Waals surface area (Å²) in [5.74, 6) is -1.60. The normalized spacial score (nSPS) is 9.84. The van der Waals surface area contributed by atoms with Crippen LogP contribution in [0.5, 0.6) is 0 Å². The maximum atomic E-state index is 12.0. The summed E-state index contributed by atoms with van der Waals surface area (Å²) in [6.07, 6.45) is 0. The number of amides is 1. The van der Waals surface area contributed by atoms with Gasteiger partial charge in [0.25, 0.3) is 5.91 Å². The molecule has 0 aliphatic carbocycles. The average molecular weight is 378 g/mol. The van der Waals surface area contributed by atoms with Gasteiger partial charge in [-0.25, -0.2) is 9.59 Å². The minimum Gasteiger partial charge on any atom is -0.465 e. The fourth-order valence-corrected chi connectivity index (χ4v) is 2.74. The number of thiocarbonyl (C=S) groups is 1. The monoisotopic (exact) mass is 378 g/mol. The number of hydrogen-bond donors (Lipinski definition) is 2. The molecule has 0 fully saturated rings. The molecule has 130 valence electrons. The van der Waals surface area contributed by atoms with Crippen molar-refractivity contribution < 1.29 is 23.9 Å². The molecule has 0 atom stereocenters. The molecule has 7 nitrogen and oxygen atoms in total. The van der Waals surface area contributed by atoms with Gasteiger partial charge >= 0.3 is 11.9 Å². The molecular weight excluding hydrogens is 364 g/mol. The van der Waals surface area contributed by atoms with Crippen LogP contribution in [-0.4, -0.2) is 37.2 Å². The number of nitrogens with one attached hydrogen (secondary N) is 2. The number of thiophene rings is 1. The summed E-state index contributed by atoms with van der Waals surface area (Å²) in [6.45, 7) is 0. The second-order valence-electron chi connectivity index (χ2n) is 4.67. The fourth-order valence-electron chi connectivity index (χ4n) is 1.91. The van der Waals surface area contributed by atoms with Crippen molar-refractivity contribution in [3.05, 3.63) is 51.7 Å². The Morgan fingerprint density at radius 2 is 1.64 bits per heavy atom. The second kappa shape index (κ2) is 8.36. The summed E-state index contributed by atoms with van der Waals surface area (Å²) < 4.78 is 9.32. The molecule has 0 bridgehead atoms. The first kappa shape index (κ1) is 18.6. The first-order valence-electron chi connectivity index (χ1n) is 6.92. The minimum absolute atomic E-state index is 0.0243. The Morgan fingerprint density at radius 1 is 1.04 bits per heavy atom. The Hall–Kier alpha value is -2.78. The van der Waals surface area contributed by atoms with E-state index in [4.69, 9.17) is 12.2 Å². The first-order chi connectivity index (χ1) is 11.9. The van der Waals surface area contributed by atoms with Gasteiger partial charge in [-0.1, -0.05) is 6.07 Å². The van der Waals surface area contributed by atoms with Gasteiger partial charge in [-0.15, -0.1) is 11.3 Å². The van der Waals surface area contributed by atoms with E-state index >= 15 is 0 Å². The number of ether oxygens (including phenoxy) is 2. The highest BCUT2D eigenvalue weighted by molar-refractivity contribution is 7.80. The third-order valence-corrected chi connectivity index (χ3v) is 4.08. The van der Waals surface area contributed by atoms with Crippen molar-refractivity contribution in [3.63, 3.8) is 0 Å². The van der Waals surface area contributed by atoms with E-state index in [0.717, 1.165) is 0 Å². The molecule has 0 saturated carbocycles. The molecule has 2 N–H and O–H groups in total. The largest absolute Gasteiger partial charge is 0.465 e. The second-order valence-corrected chi connectivity index (χ2v) is 6.02. The highest BCUT2D eigenvalue weighted by atomic mass is 32.1. The number of carbonyl (C=O) groups is 3. The van der Waals surface area contributed by atoms with Crippen LogP contribution in [0, 0.1) is 0 Å². The van der Waals surface area contributed by atoms with Crippen molar-refractivity contribution in [1.29, 1.82) is 0 Å². The third-order valence-electron chi connectivity index (χ3n) is 3.01. The molecule has 0 radical (unpaired) electrons. The van der Waals surface area contributed by atoms with Gasteiger partial charge in [0.15, 0.2) is 5.11 Å².